The number of hydrogen-bond acceptors (Lipinski definition) is 4. The molecule has 0 aliphatic rings. The Hall–Kier alpha value is -1.14. The van der Waals surface area contributed by atoms with Gasteiger partial charge in [-0.25, -0.2) is 4.79 Å². The number of rotatable bonds is 3. The molecule has 0 unspecified atom stereocenters. The van der Waals surface area contributed by atoms with E-state index in [1.807, 2.05) is 0 Å². The van der Waals surface area contributed by atoms with Gasteiger partial charge in [0.2, 0.25) is 0 Å². The molecule has 17 heavy (non-hydrogen) atoms. The smallest absolute Gasteiger partial charge is 0.355 e. The summed E-state index contributed by atoms with van der Waals surface area (Å²) < 4.78 is 6.44. The van der Waals surface area contributed by atoms with Crippen molar-refractivity contribution in [1.29, 1.82) is 0 Å². The summed E-state index contributed by atoms with van der Waals surface area (Å²) in [4.78, 5) is 26.5. The van der Waals surface area contributed by atoms with Crippen LogP contribution < -0.4 is 0 Å². The van der Waals surface area contributed by atoms with Gasteiger partial charge in [-0.1, -0.05) is 0 Å². The maximum absolute atomic E-state index is 11.6. The normalized spacial score (nSPS) is 10.8. The summed E-state index contributed by atoms with van der Waals surface area (Å²) in [6.45, 7) is 3.60. The molecule has 0 saturated carbocycles. The van der Waals surface area contributed by atoms with E-state index in [0.29, 0.717) is 21.7 Å². The van der Waals surface area contributed by atoms with Crippen molar-refractivity contribution in [2.45, 2.75) is 13.8 Å². The maximum Gasteiger partial charge on any atom is 0.355 e. The molecule has 0 bridgehead atoms. The number of hydrogen-bond donors (Lipinski definition) is 1. The zero-order chi connectivity index (χ0) is 12.6. The summed E-state index contributed by atoms with van der Waals surface area (Å²) in [6, 6.07) is 1.75. The highest BCUT2D eigenvalue weighted by Gasteiger charge is 2.19. The summed E-state index contributed by atoms with van der Waals surface area (Å²) in [5, 5.41) is 0. The van der Waals surface area contributed by atoms with Crippen molar-refractivity contribution >= 4 is 49.2 Å². The third-order valence-electron chi connectivity index (χ3n) is 2.24. The molecule has 4 nitrogen and oxygen atoms in total. The number of aromatic nitrogens is 1. The number of aromatic amines is 1. The number of ketones is 1. The number of nitrogens with one attached hydrogen (secondary N) is 1. The molecule has 0 atom stereocenters. The summed E-state index contributed by atoms with van der Waals surface area (Å²) in [6.07, 6.45) is 0. The molecule has 2 heterocycles. The number of carbonyl (C=O) groups is 2. The van der Waals surface area contributed by atoms with Gasteiger partial charge in [-0.15, -0.1) is 11.3 Å². The predicted molar refractivity (Wildman–Crippen MR) is 69.8 cm³/mol. The molecular weight excluding hydrogens is 306 g/mol. The van der Waals surface area contributed by atoms with E-state index in [1.54, 1.807) is 13.0 Å². The summed E-state index contributed by atoms with van der Waals surface area (Å²) in [5.41, 5.74) is 1.17. The minimum Gasteiger partial charge on any atom is -0.461 e. The topological polar surface area (TPSA) is 59.2 Å². The van der Waals surface area contributed by atoms with Crippen LogP contribution in [0.1, 0.15) is 34.0 Å². The Labute approximate surface area is 110 Å². The maximum atomic E-state index is 11.6. The molecule has 90 valence electrons. The molecule has 0 radical (unpaired) electrons. The van der Waals surface area contributed by atoms with E-state index in [9.17, 15) is 9.59 Å². The summed E-state index contributed by atoms with van der Waals surface area (Å²) in [5.74, 6) is -0.378. The van der Waals surface area contributed by atoms with E-state index in [-0.39, 0.29) is 5.78 Å². The number of halogens is 1. The Bertz CT molecular complexity index is 599. The number of H-pyrrole nitrogens is 1. The molecule has 0 saturated heterocycles. The molecule has 0 fully saturated rings. The molecule has 0 spiro atoms. The lowest BCUT2D eigenvalue weighted by atomic mass is 10.3. The van der Waals surface area contributed by atoms with Crippen LogP contribution in [0.5, 0.6) is 0 Å². The van der Waals surface area contributed by atoms with Crippen molar-refractivity contribution in [2.75, 3.05) is 6.61 Å². The molecular formula is C11H10BrNO3S. The van der Waals surface area contributed by atoms with Crippen molar-refractivity contribution in [3.8, 4) is 0 Å². The molecule has 2 aromatic rings. The SMILES string of the molecule is CCOC(=O)c1[nH]c2cc(C(C)=O)sc2c1Br. The number of fused-ring (bicyclic) bond motifs is 1. The molecule has 6 heteroatoms. The van der Waals surface area contributed by atoms with Gasteiger partial charge in [0.25, 0.3) is 0 Å². The van der Waals surface area contributed by atoms with Crippen LogP contribution in [-0.4, -0.2) is 23.3 Å². The van der Waals surface area contributed by atoms with E-state index in [4.69, 9.17) is 4.74 Å². The number of ether oxygens (including phenoxy) is 1. The van der Waals surface area contributed by atoms with Gasteiger partial charge in [0.05, 0.1) is 26.2 Å². The van der Waals surface area contributed by atoms with Gasteiger partial charge in [0, 0.05) is 0 Å². The molecule has 0 amide bonds. The van der Waals surface area contributed by atoms with Crippen molar-refractivity contribution in [3.05, 3.63) is 21.1 Å². The monoisotopic (exact) mass is 315 g/mol. The molecule has 2 aromatic heterocycles. The van der Waals surface area contributed by atoms with Crippen LogP contribution in [0.15, 0.2) is 10.5 Å². The van der Waals surface area contributed by atoms with Gasteiger partial charge in [-0.3, -0.25) is 4.79 Å². The predicted octanol–water partition coefficient (Wildman–Crippen LogP) is 3.37. The van der Waals surface area contributed by atoms with Crippen molar-refractivity contribution in [1.82, 2.24) is 4.98 Å². The lowest BCUT2D eigenvalue weighted by Gasteiger charge is -1.99. The van der Waals surface area contributed by atoms with Gasteiger partial charge >= 0.3 is 5.97 Å². The van der Waals surface area contributed by atoms with Gasteiger partial charge in [-0.05, 0) is 35.8 Å². The molecule has 0 aliphatic carbocycles. The number of esters is 1. The van der Waals surface area contributed by atoms with E-state index in [1.165, 1.54) is 18.3 Å². The third-order valence-corrected chi connectivity index (χ3v) is 4.55. The van der Waals surface area contributed by atoms with Crippen LogP contribution in [0.4, 0.5) is 0 Å². The quantitative estimate of drug-likeness (QED) is 0.697. The number of thiophene rings is 1. The highest BCUT2D eigenvalue weighted by molar-refractivity contribution is 9.10. The second-order valence-electron chi connectivity index (χ2n) is 3.44. The zero-order valence-corrected chi connectivity index (χ0v) is 11.7. The van der Waals surface area contributed by atoms with E-state index >= 15 is 0 Å². The standard InChI is InChI=1S/C11H10BrNO3S/c1-3-16-11(15)9-8(12)10-6(13-9)4-7(17-10)5(2)14/h4,13H,3H2,1-2H3. The Kier molecular flexibility index (Phi) is 3.35. The van der Waals surface area contributed by atoms with Gasteiger partial charge in [-0.2, -0.15) is 0 Å². The van der Waals surface area contributed by atoms with Gasteiger partial charge in [0.15, 0.2) is 5.78 Å². The highest BCUT2D eigenvalue weighted by Crippen LogP contribution is 2.35. The van der Waals surface area contributed by atoms with Crippen LogP contribution in [0.2, 0.25) is 0 Å². The van der Waals surface area contributed by atoms with E-state index < -0.39 is 5.97 Å². The minimum absolute atomic E-state index is 0.0178. The minimum atomic E-state index is -0.396. The Balaban J connectivity index is 2.49. The fourth-order valence-corrected chi connectivity index (χ4v) is 3.14. The average molecular weight is 316 g/mol. The first-order chi connectivity index (χ1) is 8.04. The van der Waals surface area contributed by atoms with Gasteiger partial charge in [0.1, 0.15) is 5.69 Å². The number of Topliss-reactive ketones (excluding diaryl/α,β-unsaturated/α-hetero) is 1. The second kappa shape index (κ2) is 4.62. The lowest BCUT2D eigenvalue weighted by Crippen LogP contribution is -2.05. The second-order valence-corrected chi connectivity index (χ2v) is 5.29. The fraction of sp³-hybridized carbons (Fsp3) is 0.273. The first kappa shape index (κ1) is 12.3. The van der Waals surface area contributed by atoms with Crippen LogP contribution in [0.3, 0.4) is 0 Å². The largest absolute Gasteiger partial charge is 0.461 e. The molecule has 0 aliphatic heterocycles. The molecule has 1 N–H and O–H groups in total. The Morgan fingerprint density at radius 2 is 2.24 bits per heavy atom. The Morgan fingerprint density at radius 3 is 2.76 bits per heavy atom. The highest BCUT2D eigenvalue weighted by atomic mass is 79.9. The zero-order valence-electron chi connectivity index (χ0n) is 9.30. The van der Waals surface area contributed by atoms with Crippen molar-refractivity contribution in [2.24, 2.45) is 0 Å². The van der Waals surface area contributed by atoms with E-state index in [2.05, 4.69) is 20.9 Å². The average Bonchev–Trinajstić information content (AvgIpc) is 2.79. The van der Waals surface area contributed by atoms with E-state index in [0.717, 1.165) is 10.2 Å². The van der Waals surface area contributed by atoms with Crippen LogP contribution in [-0.2, 0) is 4.74 Å². The fourth-order valence-electron chi connectivity index (χ4n) is 1.47. The first-order valence-electron chi connectivity index (χ1n) is 5.03. The van der Waals surface area contributed by atoms with Gasteiger partial charge < -0.3 is 9.72 Å². The van der Waals surface area contributed by atoms with Crippen LogP contribution in [0, 0.1) is 0 Å². The molecule has 2 rings (SSSR count). The third kappa shape index (κ3) is 2.14. The Morgan fingerprint density at radius 1 is 1.53 bits per heavy atom. The van der Waals surface area contributed by atoms with Crippen molar-refractivity contribution < 1.29 is 14.3 Å². The molecule has 0 aromatic carbocycles. The lowest BCUT2D eigenvalue weighted by molar-refractivity contribution is 0.0519. The van der Waals surface area contributed by atoms with Crippen LogP contribution in [0.25, 0.3) is 10.2 Å². The summed E-state index contributed by atoms with van der Waals surface area (Å²) in [7, 11) is 0. The van der Waals surface area contributed by atoms with Crippen LogP contribution >= 0.6 is 27.3 Å². The van der Waals surface area contributed by atoms with Crippen molar-refractivity contribution in [3.63, 3.8) is 0 Å². The summed E-state index contributed by atoms with van der Waals surface area (Å²) >= 11 is 4.70. The first-order valence-corrected chi connectivity index (χ1v) is 6.64. The number of carbonyl (C=O) groups excluding carboxylic acids is 2.